The van der Waals surface area contributed by atoms with E-state index in [1.54, 1.807) is 0 Å². The lowest BCUT2D eigenvalue weighted by molar-refractivity contribution is 0.171. The first-order valence-corrected chi connectivity index (χ1v) is 8.07. The van der Waals surface area contributed by atoms with E-state index in [0.29, 0.717) is 13.2 Å². The molecule has 0 saturated carbocycles. The molecule has 3 N–H and O–H groups in total. The van der Waals surface area contributed by atoms with Crippen LogP contribution in [0.25, 0.3) is 0 Å². The van der Waals surface area contributed by atoms with Gasteiger partial charge in [-0.25, -0.2) is 5.43 Å². The fourth-order valence-corrected chi connectivity index (χ4v) is 3.70. The van der Waals surface area contributed by atoms with Crippen LogP contribution in [0.4, 0.5) is 0 Å². The summed E-state index contributed by atoms with van der Waals surface area (Å²) < 4.78 is 13.2. The molecule has 4 nitrogen and oxygen atoms in total. The van der Waals surface area contributed by atoms with Crippen LogP contribution in [0.15, 0.2) is 45.3 Å². The Morgan fingerprint density at radius 2 is 1.57 bits per heavy atom. The monoisotopic (exact) mass is 412 g/mol. The molecule has 0 spiro atoms. The van der Waals surface area contributed by atoms with E-state index in [9.17, 15) is 0 Å². The Labute approximate surface area is 139 Å². The highest BCUT2D eigenvalue weighted by Gasteiger charge is 2.18. The van der Waals surface area contributed by atoms with Crippen molar-refractivity contribution in [2.45, 2.75) is 6.04 Å². The van der Waals surface area contributed by atoms with Crippen molar-refractivity contribution in [3.8, 4) is 11.5 Å². The van der Waals surface area contributed by atoms with E-state index in [4.69, 9.17) is 15.3 Å². The minimum absolute atomic E-state index is 0.130. The van der Waals surface area contributed by atoms with Crippen molar-refractivity contribution in [3.63, 3.8) is 0 Å². The Morgan fingerprint density at radius 1 is 0.905 bits per heavy atom. The number of halogens is 2. The molecule has 0 amide bonds. The van der Waals surface area contributed by atoms with Crippen molar-refractivity contribution in [1.29, 1.82) is 0 Å². The van der Waals surface area contributed by atoms with Crippen molar-refractivity contribution in [1.82, 2.24) is 5.43 Å². The van der Waals surface area contributed by atoms with Crippen molar-refractivity contribution < 1.29 is 9.47 Å². The van der Waals surface area contributed by atoms with E-state index in [1.807, 2.05) is 36.4 Å². The Bertz CT molecular complexity index is 644. The molecule has 2 aromatic carbocycles. The number of nitrogens with one attached hydrogen (secondary N) is 1. The van der Waals surface area contributed by atoms with E-state index in [-0.39, 0.29) is 6.04 Å². The van der Waals surface area contributed by atoms with Gasteiger partial charge in [0.25, 0.3) is 0 Å². The van der Waals surface area contributed by atoms with Gasteiger partial charge in [-0.05, 0) is 41.5 Å². The van der Waals surface area contributed by atoms with Gasteiger partial charge in [-0.15, -0.1) is 0 Å². The molecule has 1 aliphatic rings. The molecule has 1 atom stereocenters. The van der Waals surface area contributed by atoms with Gasteiger partial charge in [-0.2, -0.15) is 0 Å². The van der Waals surface area contributed by atoms with Crippen molar-refractivity contribution in [2.75, 3.05) is 13.2 Å². The number of rotatable bonds is 3. The smallest absolute Gasteiger partial charge is 0.161 e. The first kappa shape index (κ1) is 14.8. The van der Waals surface area contributed by atoms with Gasteiger partial charge in [0.15, 0.2) is 11.5 Å². The average Bonchev–Trinajstić information content (AvgIpc) is 2.47. The van der Waals surface area contributed by atoms with Gasteiger partial charge in [0.1, 0.15) is 13.2 Å². The molecule has 0 saturated heterocycles. The predicted octanol–water partition coefficient (Wildman–Crippen LogP) is 3.54. The molecule has 3 rings (SSSR count). The first-order chi connectivity index (χ1) is 10.2. The second-order valence-electron chi connectivity index (χ2n) is 4.71. The second kappa shape index (κ2) is 6.36. The number of hydrazine groups is 1. The molecule has 1 unspecified atom stereocenters. The fraction of sp³-hybridized carbons (Fsp3) is 0.200. The van der Waals surface area contributed by atoms with Gasteiger partial charge in [-0.3, -0.25) is 5.84 Å². The van der Waals surface area contributed by atoms with Crippen LogP contribution in [0.5, 0.6) is 11.5 Å². The molecule has 1 heterocycles. The molecule has 6 heteroatoms. The lowest BCUT2D eigenvalue weighted by atomic mass is 9.99. The molecule has 110 valence electrons. The standard InChI is InChI=1S/C15H14Br2N2O2/c16-11-5-10(6-12(17)8-11)15(19-18)9-1-2-13-14(7-9)21-4-3-20-13/h1-2,5-8,15,19H,3-4,18H2. The SMILES string of the molecule is NNC(c1cc(Br)cc(Br)c1)c1ccc2c(c1)OCCO2. The summed E-state index contributed by atoms with van der Waals surface area (Å²) in [6.07, 6.45) is 0. The number of hydrogen-bond acceptors (Lipinski definition) is 4. The molecular formula is C15H14Br2N2O2. The minimum Gasteiger partial charge on any atom is -0.486 e. The van der Waals surface area contributed by atoms with Crippen LogP contribution >= 0.6 is 31.9 Å². The van der Waals surface area contributed by atoms with Gasteiger partial charge in [0.2, 0.25) is 0 Å². The average molecular weight is 414 g/mol. The third kappa shape index (κ3) is 3.23. The number of nitrogens with two attached hydrogens (primary N) is 1. The normalized spacial score (nSPS) is 14.8. The number of ether oxygens (including phenoxy) is 2. The summed E-state index contributed by atoms with van der Waals surface area (Å²) in [6, 6.07) is 11.8. The third-order valence-electron chi connectivity index (χ3n) is 3.28. The fourth-order valence-electron chi connectivity index (χ4n) is 2.37. The van der Waals surface area contributed by atoms with Crippen LogP contribution in [0.2, 0.25) is 0 Å². The zero-order valence-corrected chi connectivity index (χ0v) is 14.3. The van der Waals surface area contributed by atoms with Crippen LogP contribution in [0.1, 0.15) is 17.2 Å². The topological polar surface area (TPSA) is 56.5 Å². The Hall–Kier alpha value is -1.08. The summed E-state index contributed by atoms with van der Waals surface area (Å²) in [4.78, 5) is 0. The largest absolute Gasteiger partial charge is 0.486 e. The zero-order chi connectivity index (χ0) is 14.8. The van der Waals surface area contributed by atoms with Gasteiger partial charge in [0.05, 0.1) is 6.04 Å². The highest BCUT2D eigenvalue weighted by Crippen LogP contribution is 2.35. The van der Waals surface area contributed by atoms with E-state index in [0.717, 1.165) is 31.6 Å². The summed E-state index contributed by atoms with van der Waals surface area (Å²) in [5.41, 5.74) is 4.93. The van der Waals surface area contributed by atoms with Crippen LogP contribution < -0.4 is 20.7 Å². The van der Waals surface area contributed by atoms with Crippen LogP contribution in [-0.4, -0.2) is 13.2 Å². The Kier molecular flexibility index (Phi) is 4.49. The zero-order valence-electron chi connectivity index (χ0n) is 11.1. The summed E-state index contributed by atoms with van der Waals surface area (Å²) >= 11 is 7.00. The van der Waals surface area contributed by atoms with Crippen molar-refractivity contribution >= 4 is 31.9 Å². The van der Waals surface area contributed by atoms with E-state index >= 15 is 0 Å². The second-order valence-corrected chi connectivity index (χ2v) is 6.54. The lowest BCUT2D eigenvalue weighted by Crippen LogP contribution is -2.29. The molecule has 1 aliphatic heterocycles. The van der Waals surface area contributed by atoms with Gasteiger partial charge in [-0.1, -0.05) is 37.9 Å². The van der Waals surface area contributed by atoms with Gasteiger partial charge < -0.3 is 9.47 Å². The van der Waals surface area contributed by atoms with Crippen LogP contribution in [0.3, 0.4) is 0 Å². The number of benzene rings is 2. The van der Waals surface area contributed by atoms with E-state index in [2.05, 4.69) is 37.3 Å². The maximum atomic E-state index is 5.76. The maximum absolute atomic E-state index is 5.76. The molecule has 0 aromatic heterocycles. The summed E-state index contributed by atoms with van der Waals surface area (Å²) in [5.74, 6) is 7.29. The van der Waals surface area contributed by atoms with Gasteiger partial charge in [0, 0.05) is 8.95 Å². The third-order valence-corrected chi connectivity index (χ3v) is 4.20. The molecule has 2 aromatic rings. The number of fused-ring (bicyclic) bond motifs is 1. The van der Waals surface area contributed by atoms with E-state index in [1.165, 1.54) is 0 Å². The first-order valence-electron chi connectivity index (χ1n) is 6.49. The molecular weight excluding hydrogens is 400 g/mol. The molecule has 0 fully saturated rings. The summed E-state index contributed by atoms with van der Waals surface area (Å²) in [5, 5.41) is 0. The van der Waals surface area contributed by atoms with Crippen molar-refractivity contribution in [2.24, 2.45) is 5.84 Å². The van der Waals surface area contributed by atoms with Crippen LogP contribution in [-0.2, 0) is 0 Å². The lowest BCUT2D eigenvalue weighted by Gasteiger charge is -2.22. The highest BCUT2D eigenvalue weighted by molar-refractivity contribution is 9.11. The van der Waals surface area contributed by atoms with Crippen molar-refractivity contribution in [3.05, 3.63) is 56.5 Å². The van der Waals surface area contributed by atoms with E-state index < -0.39 is 0 Å². The molecule has 0 aliphatic carbocycles. The minimum atomic E-state index is -0.130. The quantitative estimate of drug-likeness (QED) is 0.596. The number of hydrogen-bond donors (Lipinski definition) is 2. The maximum Gasteiger partial charge on any atom is 0.161 e. The molecule has 0 bridgehead atoms. The highest BCUT2D eigenvalue weighted by atomic mass is 79.9. The van der Waals surface area contributed by atoms with Crippen LogP contribution in [0, 0.1) is 0 Å². The summed E-state index contributed by atoms with van der Waals surface area (Å²) in [6.45, 7) is 1.16. The Morgan fingerprint density at radius 3 is 2.24 bits per heavy atom. The van der Waals surface area contributed by atoms with Gasteiger partial charge >= 0.3 is 0 Å². The molecule has 21 heavy (non-hydrogen) atoms. The molecule has 0 radical (unpaired) electrons. The summed E-state index contributed by atoms with van der Waals surface area (Å²) in [7, 11) is 0. The Balaban J connectivity index is 1.99. The predicted molar refractivity (Wildman–Crippen MR) is 88.4 cm³/mol.